The van der Waals surface area contributed by atoms with Crippen molar-refractivity contribution >= 4 is 10.1 Å². The first-order valence-electron chi connectivity index (χ1n) is 2.77. The molecule has 0 bridgehead atoms. The van der Waals surface area contributed by atoms with E-state index in [1.54, 1.807) is 0 Å². The summed E-state index contributed by atoms with van der Waals surface area (Å²) in [6, 6.07) is 0. The Kier molecular flexibility index (Phi) is 3.30. The van der Waals surface area contributed by atoms with Gasteiger partial charge in [-0.15, -0.1) is 0 Å². The van der Waals surface area contributed by atoms with Gasteiger partial charge in [-0.3, -0.25) is 4.18 Å². The Morgan fingerprint density at radius 2 is 1.82 bits per heavy atom. The van der Waals surface area contributed by atoms with Crippen molar-refractivity contribution in [2.24, 2.45) is 0 Å². The standard InChI is InChI=1S/C4H7F3O3S/c1-2-3-10-11(8,9)4(5,6)7/h2-3H2,1H3/i3-1. The molecular formula is C4H7F3O3S. The molecule has 0 aliphatic heterocycles. The van der Waals surface area contributed by atoms with Crippen molar-refractivity contribution in [3.63, 3.8) is 0 Å². The first kappa shape index (κ1) is 10.7. The summed E-state index contributed by atoms with van der Waals surface area (Å²) in [5, 5.41) is 0. The van der Waals surface area contributed by atoms with E-state index in [9.17, 15) is 21.6 Å². The maximum atomic E-state index is 11.4. The van der Waals surface area contributed by atoms with E-state index in [0.29, 0.717) is 0 Å². The van der Waals surface area contributed by atoms with Gasteiger partial charge >= 0.3 is 15.6 Å². The van der Waals surface area contributed by atoms with Gasteiger partial charge in [-0.05, 0) is 6.42 Å². The van der Waals surface area contributed by atoms with Gasteiger partial charge in [0, 0.05) is 0 Å². The molecule has 0 aliphatic rings. The fourth-order valence-corrected chi connectivity index (χ4v) is 0.780. The SMILES string of the molecule is CC[11CH2]OS(=O)(=O)C(F)(F)F. The second kappa shape index (κ2) is 3.40. The molecule has 3 nitrogen and oxygen atoms in total. The normalized spacial score (nSPS) is 13.5. The minimum absolute atomic E-state index is 0.218. The summed E-state index contributed by atoms with van der Waals surface area (Å²) in [6.45, 7) is 1.06. The summed E-state index contributed by atoms with van der Waals surface area (Å²) in [5.41, 5.74) is -5.30. The summed E-state index contributed by atoms with van der Waals surface area (Å²) < 4.78 is 58.0. The lowest BCUT2D eigenvalue weighted by molar-refractivity contribution is -0.0541. The van der Waals surface area contributed by atoms with E-state index >= 15 is 0 Å². The summed E-state index contributed by atoms with van der Waals surface area (Å²) >= 11 is 0. The van der Waals surface area contributed by atoms with Gasteiger partial charge in [-0.1, -0.05) is 6.92 Å². The highest BCUT2D eigenvalue weighted by Crippen LogP contribution is 2.24. The second-order valence-electron chi connectivity index (χ2n) is 1.72. The maximum absolute atomic E-state index is 11.4. The smallest absolute Gasteiger partial charge is 0.263 e. The van der Waals surface area contributed by atoms with Gasteiger partial charge in [0.2, 0.25) is 0 Å². The molecule has 0 spiro atoms. The Bertz CT molecular complexity index is 205. The first-order valence-corrected chi connectivity index (χ1v) is 4.18. The van der Waals surface area contributed by atoms with Crippen molar-refractivity contribution in [1.29, 1.82) is 0 Å². The molecule has 11 heavy (non-hydrogen) atoms. The zero-order valence-corrected chi connectivity index (χ0v) is 6.50. The molecule has 0 aliphatic carbocycles. The number of halogens is 3. The molecule has 68 valence electrons. The lowest BCUT2D eigenvalue weighted by Gasteiger charge is -2.06. The topological polar surface area (TPSA) is 43.4 Å². The van der Waals surface area contributed by atoms with E-state index in [4.69, 9.17) is 0 Å². The zero-order chi connectivity index (χ0) is 9.12. The average Bonchev–Trinajstić information content (AvgIpc) is 1.81. The fraction of sp³-hybridized carbons (Fsp3) is 1.00. The molecule has 0 amide bonds. The maximum Gasteiger partial charge on any atom is 0.523 e. The zero-order valence-electron chi connectivity index (χ0n) is 5.68. The van der Waals surface area contributed by atoms with E-state index < -0.39 is 22.2 Å². The number of hydrogen-bond acceptors (Lipinski definition) is 3. The van der Waals surface area contributed by atoms with E-state index in [0.717, 1.165) is 0 Å². The fourth-order valence-electron chi connectivity index (χ4n) is 0.260. The summed E-state index contributed by atoms with van der Waals surface area (Å²) in [6.07, 6.45) is 0.218. The summed E-state index contributed by atoms with van der Waals surface area (Å²) in [5.74, 6) is 0. The molecule has 0 saturated carbocycles. The largest absolute Gasteiger partial charge is 0.523 e. The van der Waals surface area contributed by atoms with Crippen molar-refractivity contribution in [2.45, 2.75) is 18.9 Å². The minimum Gasteiger partial charge on any atom is -0.263 e. The van der Waals surface area contributed by atoms with Crippen molar-refractivity contribution in [3.05, 3.63) is 0 Å². The van der Waals surface area contributed by atoms with Crippen molar-refractivity contribution in [1.82, 2.24) is 0 Å². The molecule has 0 radical (unpaired) electrons. The molecule has 0 aromatic rings. The average molecular weight is 191 g/mol. The van der Waals surface area contributed by atoms with Crippen LogP contribution in [0.3, 0.4) is 0 Å². The molecule has 0 aromatic heterocycles. The van der Waals surface area contributed by atoms with Crippen LogP contribution in [-0.2, 0) is 14.3 Å². The quantitative estimate of drug-likeness (QED) is 0.498. The molecule has 0 N–H and O–H groups in total. The molecule has 0 heterocycles. The molecule has 0 atom stereocenters. The van der Waals surface area contributed by atoms with Crippen LogP contribution in [0, 0.1) is 0 Å². The second-order valence-corrected chi connectivity index (χ2v) is 3.33. The molecule has 0 fully saturated rings. The predicted octanol–water partition coefficient (Wildman–Crippen LogP) is 1.26. The van der Waals surface area contributed by atoms with Gasteiger partial charge in [0.1, 0.15) is 0 Å². The monoisotopic (exact) mass is 191 g/mol. The highest BCUT2D eigenvalue weighted by molar-refractivity contribution is 7.87. The highest BCUT2D eigenvalue weighted by atomic mass is 32.2. The Morgan fingerprint density at radius 3 is 2.09 bits per heavy atom. The third-order valence-corrected chi connectivity index (χ3v) is 1.77. The Morgan fingerprint density at radius 1 is 1.36 bits per heavy atom. The van der Waals surface area contributed by atoms with E-state index in [1.165, 1.54) is 6.92 Å². The molecule has 0 rings (SSSR count). The number of rotatable bonds is 3. The van der Waals surface area contributed by atoms with Gasteiger partial charge in [-0.2, -0.15) is 21.6 Å². The van der Waals surface area contributed by atoms with Crippen LogP contribution in [0.1, 0.15) is 13.3 Å². The summed E-state index contributed by atoms with van der Waals surface area (Å²) in [4.78, 5) is 0. The number of alkyl halides is 3. The molecule has 0 saturated heterocycles. The van der Waals surface area contributed by atoms with Gasteiger partial charge in [-0.25, -0.2) is 0 Å². The van der Waals surface area contributed by atoms with Crippen molar-refractivity contribution < 1.29 is 25.8 Å². The highest BCUT2D eigenvalue weighted by Gasteiger charge is 2.47. The van der Waals surface area contributed by atoms with Crippen LogP contribution in [0.4, 0.5) is 13.2 Å². The van der Waals surface area contributed by atoms with Crippen molar-refractivity contribution in [2.75, 3.05) is 6.61 Å². The first-order chi connectivity index (χ1) is 4.81. The summed E-state index contributed by atoms with van der Waals surface area (Å²) in [7, 11) is -5.36. The minimum atomic E-state index is -5.36. The predicted molar refractivity (Wildman–Crippen MR) is 31.2 cm³/mol. The Labute approximate surface area is 62.3 Å². The third kappa shape index (κ3) is 3.06. The molecule has 0 aromatic carbocycles. The lowest BCUT2D eigenvalue weighted by atomic mass is 10.1. The Hall–Kier alpha value is -0.300. The Balaban J connectivity index is 4.26. The van der Waals surface area contributed by atoms with Crippen LogP contribution in [-0.4, -0.2) is 20.5 Å². The van der Waals surface area contributed by atoms with Gasteiger partial charge in [0.25, 0.3) is 0 Å². The van der Waals surface area contributed by atoms with Crippen LogP contribution in [0.15, 0.2) is 0 Å². The number of hydrogen-bond donors (Lipinski definition) is 0. The van der Waals surface area contributed by atoms with Gasteiger partial charge in [0.15, 0.2) is 0 Å². The van der Waals surface area contributed by atoms with E-state index in [1.807, 2.05) is 0 Å². The van der Waals surface area contributed by atoms with E-state index in [2.05, 4.69) is 4.18 Å². The van der Waals surface area contributed by atoms with Crippen LogP contribution in [0.25, 0.3) is 0 Å². The van der Waals surface area contributed by atoms with Crippen LogP contribution in [0.2, 0.25) is 0 Å². The third-order valence-electron chi connectivity index (χ3n) is 0.726. The van der Waals surface area contributed by atoms with Crippen molar-refractivity contribution in [3.8, 4) is 0 Å². The molecule has 7 heteroatoms. The van der Waals surface area contributed by atoms with Crippen LogP contribution in [0.5, 0.6) is 0 Å². The van der Waals surface area contributed by atoms with Crippen LogP contribution >= 0.6 is 0 Å². The van der Waals surface area contributed by atoms with Crippen LogP contribution < -0.4 is 0 Å². The van der Waals surface area contributed by atoms with Gasteiger partial charge < -0.3 is 0 Å². The molecular weight excluding hydrogens is 184 g/mol. The lowest BCUT2D eigenvalue weighted by Crippen LogP contribution is -2.25. The van der Waals surface area contributed by atoms with Gasteiger partial charge in [0.05, 0.1) is 6.61 Å². The van der Waals surface area contributed by atoms with E-state index in [-0.39, 0.29) is 6.42 Å². The molecule has 0 unspecified atom stereocenters.